The van der Waals surface area contributed by atoms with Gasteiger partial charge in [0.2, 0.25) is 11.2 Å². The second kappa shape index (κ2) is 5.60. The molecule has 1 aromatic carbocycles. The van der Waals surface area contributed by atoms with Crippen LogP contribution < -0.4 is 5.11 Å². The standard InChI is InChI=1S/C16H19N5O/c1-10-13(19-17)14(21(5)20-10)18-15(22)11-6-8-12(9-7-11)16(2,3)4/h6-9H,1-5H3. The Bertz CT molecular complexity index is 758. The Kier molecular flexibility index (Phi) is 4.00. The van der Waals surface area contributed by atoms with Gasteiger partial charge in [-0.15, -0.1) is 0 Å². The van der Waals surface area contributed by atoms with Crippen LogP contribution in [0.3, 0.4) is 0 Å². The molecule has 2 aromatic rings. The lowest BCUT2D eigenvalue weighted by atomic mass is 9.87. The zero-order valence-electron chi connectivity index (χ0n) is 13.5. The van der Waals surface area contributed by atoms with Crippen molar-refractivity contribution in [3.8, 4) is 0 Å². The van der Waals surface area contributed by atoms with E-state index in [0.29, 0.717) is 11.3 Å². The van der Waals surface area contributed by atoms with Crippen molar-refractivity contribution < 1.29 is 5.11 Å². The number of hydrogen-bond acceptors (Lipinski definition) is 4. The third kappa shape index (κ3) is 2.98. The summed E-state index contributed by atoms with van der Waals surface area (Å²) in [5, 5.41) is 25.4. The molecule has 0 spiro atoms. The van der Waals surface area contributed by atoms with Crippen LogP contribution in [0.4, 0.5) is 11.5 Å². The molecule has 0 atom stereocenters. The summed E-state index contributed by atoms with van der Waals surface area (Å²) in [6.45, 7) is 8.03. The van der Waals surface area contributed by atoms with Gasteiger partial charge in [-0.1, -0.05) is 45.0 Å². The summed E-state index contributed by atoms with van der Waals surface area (Å²) in [4.78, 5) is 7.17. The highest BCUT2D eigenvalue weighted by atomic mass is 16.3. The summed E-state index contributed by atoms with van der Waals surface area (Å²) in [7, 11) is 1.65. The van der Waals surface area contributed by atoms with Crippen molar-refractivity contribution in [3.63, 3.8) is 0 Å². The van der Waals surface area contributed by atoms with E-state index in [-0.39, 0.29) is 16.9 Å². The molecule has 2 rings (SSSR count). The predicted octanol–water partition coefficient (Wildman–Crippen LogP) is 2.95. The van der Waals surface area contributed by atoms with Gasteiger partial charge in [-0.05, 0) is 29.4 Å². The smallest absolute Gasteiger partial charge is 0.451 e. The first kappa shape index (κ1) is 15.7. The Morgan fingerprint density at radius 2 is 1.86 bits per heavy atom. The van der Waals surface area contributed by atoms with Crippen molar-refractivity contribution in [2.24, 2.45) is 12.0 Å². The van der Waals surface area contributed by atoms with Crippen molar-refractivity contribution >= 4 is 17.4 Å². The molecule has 0 aliphatic rings. The van der Waals surface area contributed by atoms with Gasteiger partial charge in [0.25, 0.3) is 0 Å². The van der Waals surface area contributed by atoms with Gasteiger partial charge in [0.1, 0.15) is 0 Å². The van der Waals surface area contributed by atoms with Crippen LogP contribution in [0.15, 0.2) is 29.3 Å². The minimum Gasteiger partial charge on any atom is -0.858 e. The molecule has 0 radical (unpaired) electrons. The fourth-order valence-electron chi connectivity index (χ4n) is 2.15. The van der Waals surface area contributed by atoms with E-state index in [1.807, 2.05) is 12.1 Å². The molecule has 0 saturated heterocycles. The zero-order chi connectivity index (χ0) is 16.5. The molecule has 0 saturated carbocycles. The number of aryl methyl sites for hydroxylation is 2. The van der Waals surface area contributed by atoms with E-state index in [2.05, 4.69) is 35.8 Å². The first-order valence-electron chi connectivity index (χ1n) is 6.99. The summed E-state index contributed by atoms with van der Waals surface area (Å²) in [5.74, 6) is -0.154. The van der Waals surface area contributed by atoms with E-state index in [0.717, 1.165) is 5.56 Å². The van der Waals surface area contributed by atoms with Crippen LogP contribution in [0.2, 0.25) is 0 Å². The highest BCUT2D eigenvalue weighted by Gasteiger charge is 2.24. The molecule has 0 amide bonds. The molecule has 114 valence electrons. The molecule has 0 bridgehead atoms. The van der Waals surface area contributed by atoms with Gasteiger partial charge in [0.15, 0.2) is 10.7 Å². The van der Waals surface area contributed by atoms with Crippen LogP contribution in [0.25, 0.3) is 4.98 Å². The summed E-state index contributed by atoms with van der Waals surface area (Å²) in [6, 6.07) is 7.36. The van der Waals surface area contributed by atoms with Crippen molar-refractivity contribution in [3.05, 3.63) is 46.1 Å². The largest absolute Gasteiger partial charge is 0.858 e. The minimum absolute atomic E-state index is 0.0286. The van der Waals surface area contributed by atoms with Crippen molar-refractivity contribution in [1.29, 1.82) is 5.39 Å². The van der Waals surface area contributed by atoms with Crippen molar-refractivity contribution in [1.82, 2.24) is 9.78 Å². The van der Waals surface area contributed by atoms with Gasteiger partial charge >= 0.3 is 5.69 Å². The van der Waals surface area contributed by atoms with E-state index in [4.69, 9.17) is 5.39 Å². The Morgan fingerprint density at radius 3 is 2.36 bits per heavy atom. The van der Waals surface area contributed by atoms with E-state index in [1.54, 1.807) is 26.1 Å². The SMILES string of the molecule is Cc1nn(C)c(N=C([O-])c2ccc(C(C)(C)C)cc2)c1[N+]#N. The number of diazo groups is 1. The fourth-order valence-corrected chi connectivity index (χ4v) is 2.15. The third-order valence-corrected chi connectivity index (χ3v) is 3.47. The van der Waals surface area contributed by atoms with Crippen LogP contribution in [0.5, 0.6) is 0 Å². The van der Waals surface area contributed by atoms with Gasteiger partial charge in [0, 0.05) is 7.05 Å². The van der Waals surface area contributed by atoms with Gasteiger partial charge < -0.3 is 5.11 Å². The van der Waals surface area contributed by atoms with Gasteiger partial charge in [-0.25, -0.2) is 9.67 Å². The van der Waals surface area contributed by atoms with E-state index in [9.17, 15) is 5.11 Å². The molecule has 6 nitrogen and oxygen atoms in total. The van der Waals surface area contributed by atoms with Gasteiger partial charge in [-0.2, -0.15) is 5.10 Å². The first-order valence-corrected chi connectivity index (χ1v) is 6.99. The average Bonchev–Trinajstić information content (AvgIpc) is 2.71. The molecule has 0 fully saturated rings. The Morgan fingerprint density at radius 1 is 1.27 bits per heavy atom. The maximum atomic E-state index is 12.3. The second-order valence-electron chi connectivity index (χ2n) is 6.23. The molecule has 0 aliphatic heterocycles. The van der Waals surface area contributed by atoms with E-state index >= 15 is 0 Å². The average molecular weight is 297 g/mol. The minimum atomic E-state index is -0.395. The monoisotopic (exact) mass is 297 g/mol. The molecule has 0 aliphatic carbocycles. The summed E-state index contributed by atoms with van der Waals surface area (Å²) in [6.07, 6.45) is 0. The lowest BCUT2D eigenvalue weighted by molar-refractivity contribution is -0.212. The van der Waals surface area contributed by atoms with Crippen LogP contribution >= 0.6 is 0 Å². The van der Waals surface area contributed by atoms with E-state index in [1.165, 1.54) is 4.68 Å². The summed E-state index contributed by atoms with van der Waals surface area (Å²) >= 11 is 0. The molecule has 0 N–H and O–H groups in total. The zero-order valence-corrected chi connectivity index (χ0v) is 13.5. The summed E-state index contributed by atoms with van der Waals surface area (Å²) < 4.78 is 1.42. The van der Waals surface area contributed by atoms with Crippen molar-refractivity contribution in [2.45, 2.75) is 33.1 Å². The van der Waals surface area contributed by atoms with Crippen LogP contribution in [-0.2, 0) is 12.5 Å². The van der Waals surface area contributed by atoms with Crippen molar-refractivity contribution in [2.75, 3.05) is 0 Å². The highest BCUT2D eigenvalue weighted by Crippen LogP contribution is 2.31. The lowest BCUT2D eigenvalue weighted by Crippen LogP contribution is -2.19. The second-order valence-corrected chi connectivity index (χ2v) is 6.23. The number of hydrogen-bond donors (Lipinski definition) is 0. The molecule has 22 heavy (non-hydrogen) atoms. The summed E-state index contributed by atoms with van der Waals surface area (Å²) in [5.41, 5.74) is 2.38. The molecular formula is C16H19N5O. The fraction of sp³-hybridized carbons (Fsp3) is 0.375. The number of aliphatic imine (C=N–C) groups is 1. The Hall–Kier alpha value is -2.68. The molecule has 0 unspecified atom stereocenters. The Labute approximate surface area is 129 Å². The maximum absolute atomic E-state index is 12.3. The van der Waals surface area contributed by atoms with Crippen LogP contribution in [-0.4, -0.2) is 15.7 Å². The van der Waals surface area contributed by atoms with Crippen LogP contribution in [0.1, 0.15) is 37.6 Å². The van der Waals surface area contributed by atoms with E-state index < -0.39 is 5.90 Å². The molecular weight excluding hydrogens is 278 g/mol. The highest BCUT2D eigenvalue weighted by molar-refractivity contribution is 5.93. The quantitative estimate of drug-likeness (QED) is 0.485. The predicted molar refractivity (Wildman–Crippen MR) is 84.0 cm³/mol. The van der Waals surface area contributed by atoms with Gasteiger partial charge in [-0.3, -0.25) is 0 Å². The first-order chi connectivity index (χ1) is 10.2. The lowest BCUT2D eigenvalue weighted by Gasteiger charge is -2.20. The number of aromatic nitrogens is 2. The van der Waals surface area contributed by atoms with Crippen LogP contribution in [0, 0.1) is 12.3 Å². The number of nitrogens with zero attached hydrogens (tertiary/aromatic N) is 5. The topological polar surface area (TPSA) is 81.4 Å². The maximum Gasteiger partial charge on any atom is 0.451 e. The van der Waals surface area contributed by atoms with Gasteiger partial charge in [0.05, 0.1) is 0 Å². The molecule has 1 heterocycles. The molecule has 6 heteroatoms. The Balaban J connectivity index is 2.40. The number of benzene rings is 1. The third-order valence-electron chi connectivity index (χ3n) is 3.47. The number of rotatable bonds is 2. The molecule has 1 aromatic heterocycles. The normalized spacial score (nSPS) is 12.3.